The third kappa shape index (κ3) is 1.67. The fraction of sp³-hybridized carbons (Fsp3) is 0.188. The summed E-state index contributed by atoms with van der Waals surface area (Å²) < 4.78 is 0. The molecule has 1 N–H and O–H groups in total. The largest absolute Gasteiger partial charge is 0.363 e. The Morgan fingerprint density at radius 1 is 1.15 bits per heavy atom. The fourth-order valence-corrected chi connectivity index (χ4v) is 2.90. The van der Waals surface area contributed by atoms with Crippen molar-refractivity contribution < 1.29 is 9.90 Å². The first-order valence-corrected chi connectivity index (χ1v) is 6.86. The monoisotopic (exact) mass is 287 g/mol. The number of halogens is 1. The van der Waals surface area contributed by atoms with Crippen LogP contribution in [0.5, 0.6) is 0 Å². The molecule has 1 aliphatic heterocycles. The van der Waals surface area contributed by atoms with E-state index in [2.05, 4.69) is 0 Å². The summed E-state index contributed by atoms with van der Waals surface area (Å²) in [7, 11) is 0. The van der Waals surface area contributed by atoms with Crippen molar-refractivity contribution in [3.8, 4) is 0 Å². The summed E-state index contributed by atoms with van der Waals surface area (Å²) in [6, 6.07) is 14.1. The highest BCUT2D eigenvalue weighted by molar-refractivity contribution is 6.30. The number of nitrogens with zero attached hydrogens (tertiary/aromatic N) is 1. The third-order valence-electron chi connectivity index (χ3n) is 3.73. The summed E-state index contributed by atoms with van der Waals surface area (Å²) in [5.41, 5.74) is 0.385. The zero-order valence-electron chi connectivity index (χ0n) is 11.0. The number of benzene rings is 2. The van der Waals surface area contributed by atoms with Gasteiger partial charge in [0.15, 0.2) is 5.72 Å². The molecule has 2 aromatic rings. The second-order valence-corrected chi connectivity index (χ2v) is 5.21. The number of fused-ring (bicyclic) bond motifs is 1. The summed E-state index contributed by atoms with van der Waals surface area (Å²) in [4.78, 5) is 13.9. The number of carbonyl (C=O) groups excluding carboxylic acids is 1. The number of hydrogen-bond donors (Lipinski definition) is 1. The maximum Gasteiger partial charge on any atom is 0.257 e. The number of amides is 1. The molecule has 20 heavy (non-hydrogen) atoms. The van der Waals surface area contributed by atoms with E-state index < -0.39 is 5.72 Å². The minimum Gasteiger partial charge on any atom is -0.363 e. The first kappa shape index (κ1) is 13.2. The second-order valence-electron chi connectivity index (χ2n) is 4.77. The summed E-state index contributed by atoms with van der Waals surface area (Å²) in [6.07, 6.45) is 0. The van der Waals surface area contributed by atoms with Crippen LogP contribution in [0.1, 0.15) is 28.4 Å². The highest BCUT2D eigenvalue weighted by atomic mass is 35.5. The zero-order valence-corrected chi connectivity index (χ0v) is 11.8. The van der Waals surface area contributed by atoms with Gasteiger partial charge in [0.1, 0.15) is 0 Å². The van der Waals surface area contributed by atoms with Gasteiger partial charge in [0.05, 0.1) is 0 Å². The van der Waals surface area contributed by atoms with E-state index in [9.17, 15) is 9.90 Å². The molecule has 0 aliphatic carbocycles. The molecule has 2 aromatic carbocycles. The molecule has 0 saturated heterocycles. The van der Waals surface area contributed by atoms with E-state index in [1.165, 1.54) is 4.90 Å². The van der Waals surface area contributed by atoms with Gasteiger partial charge in [-0.3, -0.25) is 4.79 Å². The number of aliphatic hydroxyl groups is 1. The number of carbonyl (C=O) groups is 1. The summed E-state index contributed by atoms with van der Waals surface area (Å²) in [6.45, 7) is 2.28. The Morgan fingerprint density at radius 2 is 1.80 bits per heavy atom. The van der Waals surface area contributed by atoms with E-state index in [-0.39, 0.29) is 5.91 Å². The Balaban J connectivity index is 2.24. The molecule has 1 aliphatic rings. The van der Waals surface area contributed by atoms with Gasteiger partial charge in [-0.05, 0) is 25.1 Å². The highest BCUT2D eigenvalue weighted by Crippen LogP contribution is 2.41. The van der Waals surface area contributed by atoms with Gasteiger partial charge < -0.3 is 10.0 Å². The Hall–Kier alpha value is -1.84. The quantitative estimate of drug-likeness (QED) is 0.922. The molecule has 3 nitrogen and oxygen atoms in total. The van der Waals surface area contributed by atoms with Crippen molar-refractivity contribution in [2.24, 2.45) is 0 Å². The summed E-state index contributed by atoms with van der Waals surface area (Å²) >= 11 is 5.90. The maximum absolute atomic E-state index is 12.4. The Labute approximate surface area is 122 Å². The van der Waals surface area contributed by atoms with Crippen molar-refractivity contribution in [3.63, 3.8) is 0 Å². The SMILES string of the molecule is CCN1C(=O)c2ccccc2[C@]1(O)c1ccc(Cl)cc1. The Bertz CT molecular complexity index is 668. The minimum absolute atomic E-state index is 0.152. The molecule has 0 saturated carbocycles. The lowest BCUT2D eigenvalue weighted by molar-refractivity contribution is -0.0474. The predicted octanol–water partition coefficient (Wildman–Crippen LogP) is 3.01. The molecule has 0 radical (unpaired) electrons. The van der Waals surface area contributed by atoms with Crippen LogP contribution in [0.4, 0.5) is 0 Å². The van der Waals surface area contributed by atoms with Gasteiger partial charge in [-0.2, -0.15) is 0 Å². The smallest absolute Gasteiger partial charge is 0.257 e. The first-order chi connectivity index (χ1) is 9.59. The molecular weight excluding hydrogens is 274 g/mol. The average Bonchev–Trinajstić information content (AvgIpc) is 2.69. The van der Waals surface area contributed by atoms with Crippen molar-refractivity contribution in [3.05, 3.63) is 70.2 Å². The van der Waals surface area contributed by atoms with Crippen LogP contribution in [0.25, 0.3) is 0 Å². The van der Waals surface area contributed by atoms with Crippen LogP contribution in [0.15, 0.2) is 48.5 Å². The zero-order chi connectivity index (χ0) is 14.3. The van der Waals surface area contributed by atoms with E-state index in [1.54, 1.807) is 42.5 Å². The van der Waals surface area contributed by atoms with Gasteiger partial charge in [-0.15, -0.1) is 0 Å². The number of rotatable bonds is 2. The summed E-state index contributed by atoms with van der Waals surface area (Å²) in [5, 5.41) is 11.8. The Morgan fingerprint density at radius 3 is 2.45 bits per heavy atom. The van der Waals surface area contributed by atoms with E-state index in [1.807, 2.05) is 13.0 Å². The molecule has 4 heteroatoms. The van der Waals surface area contributed by atoms with Gasteiger partial charge in [0, 0.05) is 28.3 Å². The van der Waals surface area contributed by atoms with Crippen LogP contribution in [0.3, 0.4) is 0 Å². The van der Waals surface area contributed by atoms with Crippen molar-refractivity contribution in [1.29, 1.82) is 0 Å². The standard InChI is InChI=1S/C16H14ClNO2/c1-2-18-15(19)13-5-3-4-6-14(13)16(18,20)11-7-9-12(17)10-8-11/h3-10,20H,2H2,1H3/t16-/m1/s1. The Kier molecular flexibility index (Phi) is 3.04. The average molecular weight is 288 g/mol. The molecule has 0 unspecified atom stereocenters. The van der Waals surface area contributed by atoms with Crippen LogP contribution in [0, 0.1) is 0 Å². The molecular formula is C16H14ClNO2. The molecule has 0 fully saturated rings. The van der Waals surface area contributed by atoms with Gasteiger partial charge in [0.25, 0.3) is 5.91 Å². The van der Waals surface area contributed by atoms with Gasteiger partial charge in [-0.25, -0.2) is 0 Å². The molecule has 0 aromatic heterocycles. The third-order valence-corrected chi connectivity index (χ3v) is 3.98. The molecule has 0 bridgehead atoms. The molecule has 1 heterocycles. The van der Waals surface area contributed by atoms with Crippen LogP contribution in [-0.4, -0.2) is 22.5 Å². The van der Waals surface area contributed by atoms with Crippen LogP contribution >= 0.6 is 11.6 Å². The van der Waals surface area contributed by atoms with Crippen molar-refractivity contribution in [2.45, 2.75) is 12.6 Å². The van der Waals surface area contributed by atoms with Crippen LogP contribution < -0.4 is 0 Å². The number of hydrogen-bond acceptors (Lipinski definition) is 2. The maximum atomic E-state index is 12.4. The van der Waals surface area contributed by atoms with Gasteiger partial charge in [-0.1, -0.05) is 41.9 Å². The summed E-state index contributed by atoms with van der Waals surface area (Å²) in [5.74, 6) is -0.152. The lowest BCUT2D eigenvalue weighted by atomic mass is 9.94. The minimum atomic E-state index is -1.42. The van der Waals surface area contributed by atoms with Crippen molar-refractivity contribution >= 4 is 17.5 Å². The molecule has 1 amide bonds. The van der Waals surface area contributed by atoms with Crippen molar-refractivity contribution in [1.82, 2.24) is 4.90 Å². The molecule has 0 spiro atoms. The predicted molar refractivity (Wildman–Crippen MR) is 77.6 cm³/mol. The lowest BCUT2D eigenvalue weighted by Gasteiger charge is -2.34. The fourth-order valence-electron chi connectivity index (χ4n) is 2.78. The van der Waals surface area contributed by atoms with E-state index in [4.69, 9.17) is 11.6 Å². The van der Waals surface area contributed by atoms with Crippen molar-refractivity contribution in [2.75, 3.05) is 6.54 Å². The lowest BCUT2D eigenvalue weighted by Crippen LogP contribution is -2.44. The topological polar surface area (TPSA) is 40.5 Å². The molecule has 102 valence electrons. The highest BCUT2D eigenvalue weighted by Gasteiger charge is 2.48. The second kappa shape index (κ2) is 4.62. The van der Waals surface area contributed by atoms with E-state index in [0.29, 0.717) is 28.3 Å². The molecule has 3 rings (SSSR count). The van der Waals surface area contributed by atoms with Gasteiger partial charge >= 0.3 is 0 Å². The molecule has 1 atom stereocenters. The normalized spacial score (nSPS) is 21.1. The van der Waals surface area contributed by atoms with Crippen LogP contribution in [0.2, 0.25) is 5.02 Å². The van der Waals surface area contributed by atoms with Crippen LogP contribution in [-0.2, 0) is 5.72 Å². The van der Waals surface area contributed by atoms with E-state index in [0.717, 1.165) is 0 Å². The van der Waals surface area contributed by atoms with Gasteiger partial charge in [0.2, 0.25) is 0 Å². The first-order valence-electron chi connectivity index (χ1n) is 6.49. The van der Waals surface area contributed by atoms with E-state index >= 15 is 0 Å².